The summed E-state index contributed by atoms with van der Waals surface area (Å²) in [4.78, 5) is 2.06. The quantitative estimate of drug-likeness (QED) is 0.455. The van der Waals surface area contributed by atoms with E-state index in [1.807, 2.05) is 42.5 Å². The number of hydrogen-bond donors (Lipinski definition) is 1. The summed E-state index contributed by atoms with van der Waals surface area (Å²) < 4.78 is 45.8. The van der Waals surface area contributed by atoms with Crippen LogP contribution in [0.3, 0.4) is 0 Å². The van der Waals surface area contributed by atoms with E-state index in [9.17, 15) is 13.2 Å². The fraction of sp³-hybridized carbons (Fsp3) is 0.273. The molecule has 2 heterocycles. The number of hydrogen-bond acceptors (Lipinski definition) is 5. The number of anilines is 1. The maximum atomic E-state index is 13.8. The van der Waals surface area contributed by atoms with Crippen molar-refractivity contribution in [3.05, 3.63) is 77.6 Å². The van der Waals surface area contributed by atoms with E-state index in [2.05, 4.69) is 27.7 Å². The third kappa shape index (κ3) is 4.60. The molecule has 0 radical (unpaired) electrons. The summed E-state index contributed by atoms with van der Waals surface area (Å²) in [6.45, 7) is 0.802. The Kier molecular flexibility index (Phi) is 6.24. The van der Waals surface area contributed by atoms with E-state index in [4.69, 9.17) is 4.74 Å². The van der Waals surface area contributed by atoms with Crippen molar-refractivity contribution in [2.45, 2.75) is 24.3 Å². The fourth-order valence-electron chi connectivity index (χ4n) is 3.55. The summed E-state index contributed by atoms with van der Waals surface area (Å²) in [6, 6.07) is 14.9. The Balaban J connectivity index is 1.42. The normalized spacial score (nSPS) is 18.7. The average Bonchev–Trinajstić information content (AvgIpc) is 3.13. The largest absolute Gasteiger partial charge is 0.375 e. The molecule has 30 heavy (non-hydrogen) atoms. The Bertz CT molecular complexity index is 1000. The van der Waals surface area contributed by atoms with Crippen LogP contribution in [0.5, 0.6) is 0 Å². The number of nitrogens with zero attached hydrogens (tertiary/aromatic N) is 3. The van der Waals surface area contributed by atoms with Crippen LogP contribution in [0.15, 0.2) is 54.6 Å². The molecule has 1 fully saturated rings. The van der Waals surface area contributed by atoms with Crippen LogP contribution in [-0.2, 0) is 11.3 Å². The van der Waals surface area contributed by atoms with Crippen LogP contribution in [0.4, 0.5) is 19.0 Å². The van der Waals surface area contributed by atoms with Gasteiger partial charge in [0.15, 0.2) is 17.5 Å². The molecule has 1 aliphatic rings. The van der Waals surface area contributed by atoms with Crippen LogP contribution in [-0.4, -0.2) is 34.6 Å². The molecule has 0 amide bonds. The van der Waals surface area contributed by atoms with Crippen LogP contribution < -0.4 is 4.90 Å². The molecule has 4 nitrogen and oxygen atoms in total. The molecule has 1 aliphatic heterocycles. The van der Waals surface area contributed by atoms with Gasteiger partial charge in [0.1, 0.15) is 5.82 Å². The summed E-state index contributed by atoms with van der Waals surface area (Å²) in [5.41, 5.74) is 1.74. The van der Waals surface area contributed by atoms with Crippen molar-refractivity contribution in [2.24, 2.45) is 0 Å². The van der Waals surface area contributed by atoms with Crippen LogP contribution in [0.1, 0.15) is 12.0 Å². The second kappa shape index (κ2) is 9.06. The van der Waals surface area contributed by atoms with Crippen molar-refractivity contribution in [3.63, 3.8) is 0 Å². The first kappa shape index (κ1) is 20.7. The minimum absolute atomic E-state index is 0.0205. The molecule has 0 spiro atoms. The zero-order valence-electron chi connectivity index (χ0n) is 16.0. The summed E-state index contributed by atoms with van der Waals surface area (Å²) in [5, 5.41) is 8.82. The second-order valence-corrected chi connectivity index (χ2v) is 7.94. The van der Waals surface area contributed by atoms with Gasteiger partial charge in [-0.1, -0.05) is 30.3 Å². The lowest BCUT2D eigenvalue weighted by Gasteiger charge is -2.25. The SMILES string of the molecule is Fc1cc(F)c(COCC2CC(S)CN2c2ccc(-c3ccccc3)nn2)cc1F. The van der Waals surface area contributed by atoms with Crippen molar-refractivity contribution < 1.29 is 17.9 Å². The molecular formula is C22H20F3N3OS. The first-order valence-electron chi connectivity index (χ1n) is 9.56. The lowest BCUT2D eigenvalue weighted by molar-refractivity contribution is 0.106. The van der Waals surface area contributed by atoms with Gasteiger partial charge in [-0.05, 0) is 24.6 Å². The van der Waals surface area contributed by atoms with Crippen LogP contribution >= 0.6 is 12.6 Å². The molecule has 2 atom stereocenters. The lowest BCUT2D eigenvalue weighted by Crippen LogP contribution is -2.34. The molecule has 0 saturated carbocycles. The van der Waals surface area contributed by atoms with E-state index >= 15 is 0 Å². The predicted octanol–water partition coefficient (Wildman–Crippen LogP) is 4.65. The topological polar surface area (TPSA) is 38.2 Å². The Morgan fingerprint density at radius 1 is 0.967 bits per heavy atom. The van der Waals surface area contributed by atoms with E-state index in [1.165, 1.54) is 0 Å². The minimum atomic E-state index is -1.21. The van der Waals surface area contributed by atoms with Crippen LogP contribution in [0.2, 0.25) is 0 Å². The van der Waals surface area contributed by atoms with Crippen LogP contribution in [0.25, 0.3) is 11.3 Å². The number of ether oxygens (including phenoxy) is 1. The van der Waals surface area contributed by atoms with E-state index in [1.54, 1.807) is 0 Å². The molecule has 3 aromatic rings. The van der Waals surface area contributed by atoms with Gasteiger partial charge < -0.3 is 9.64 Å². The van der Waals surface area contributed by atoms with Crippen molar-refractivity contribution in [1.29, 1.82) is 0 Å². The zero-order valence-corrected chi connectivity index (χ0v) is 16.9. The lowest BCUT2D eigenvalue weighted by atomic mass is 10.1. The molecule has 8 heteroatoms. The van der Waals surface area contributed by atoms with E-state index in [0.717, 1.165) is 23.7 Å². The highest BCUT2D eigenvalue weighted by molar-refractivity contribution is 7.81. The molecule has 2 unspecified atom stereocenters. The van der Waals surface area contributed by atoms with E-state index in [-0.39, 0.29) is 30.1 Å². The highest BCUT2D eigenvalue weighted by atomic mass is 32.1. The van der Waals surface area contributed by atoms with Gasteiger partial charge in [-0.15, -0.1) is 10.2 Å². The summed E-state index contributed by atoms with van der Waals surface area (Å²) >= 11 is 4.58. The highest BCUT2D eigenvalue weighted by Crippen LogP contribution is 2.28. The Hall–Kier alpha value is -2.58. The van der Waals surface area contributed by atoms with E-state index < -0.39 is 17.5 Å². The Labute approximate surface area is 178 Å². The molecule has 1 aromatic heterocycles. The predicted molar refractivity (Wildman–Crippen MR) is 112 cm³/mol. The third-order valence-electron chi connectivity index (χ3n) is 5.06. The van der Waals surface area contributed by atoms with Gasteiger partial charge in [-0.3, -0.25) is 0 Å². The second-order valence-electron chi connectivity index (χ2n) is 7.21. The van der Waals surface area contributed by atoms with Crippen molar-refractivity contribution >= 4 is 18.4 Å². The molecule has 0 N–H and O–H groups in total. The molecular weight excluding hydrogens is 411 g/mol. The minimum Gasteiger partial charge on any atom is -0.375 e. The maximum absolute atomic E-state index is 13.8. The molecule has 2 aromatic carbocycles. The Morgan fingerprint density at radius 3 is 2.47 bits per heavy atom. The standard InChI is InChI=1S/C22H20F3N3OS/c23-18-10-20(25)19(24)8-15(18)12-29-13-16-9-17(30)11-28(16)22-7-6-21(26-27-22)14-4-2-1-3-5-14/h1-8,10,16-17,30H,9,11-13H2. The van der Waals surface area contributed by atoms with Gasteiger partial charge in [0.2, 0.25) is 0 Å². The van der Waals surface area contributed by atoms with Crippen molar-refractivity contribution in [2.75, 3.05) is 18.1 Å². The first-order valence-corrected chi connectivity index (χ1v) is 10.1. The molecule has 1 saturated heterocycles. The summed E-state index contributed by atoms with van der Waals surface area (Å²) in [5.74, 6) is -2.43. The molecule has 0 aliphatic carbocycles. The molecule has 0 bridgehead atoms. The monoisotopic (exact) mass is 431 g/mol. The third-order valence-corrected chi connectivity index (χ3v) is 5.44. The number of halogens is 3. The van der Waals surface area contributed by atoms with Gasteiger partial charge >= 0.3 is 0 Å². The van der Waals surface area contributed by atoms with Crippen molar-refractivity contribution in [3.8, 4) is 11.3 Å². The summed E-state index contributed by atoms with van der Waals surface area (Å²) in [6.07, 6.45) is 0.755. The van der Waals surface area contributed by atoms with Gasteiger partial charge in [-0.25, -0.2) is 13.2 Å². The Morgan fingerprint density at radius 2 is 1.73 bits per heavy atom. The number of thiol groups is 1. The number of benzene rings is 2. The van der Waals surface area contributed by atoms with Gasteiger partial charge in [0, 0.05) is 29.0 Å². The average molecular weight is 431 g/mol. The van der Waals surface area contributed by atoms with Gasteiger partial charge in [-0.2, -0.15) is 12.6 Å². The smallest absolute Gasteiger partial charge is 0.161 e. The van der Waals surface area contributed by atoms with Gasteiger partial charge in [0.25, 0.3) is 0 Å². The highest BCUT2D eigenvalue weighted by Gasteiger charge is 2.31. The van der Waals surface area contributed by atoms with Gasteiger partial charge in [0.05, 0.1) is 24.9 Å². The van der Waals surface area contributed by atoms with Crippen molar-refractivity contribution in [1.82, 2.24) is 10.2 Å². The van der Waals surface area contributed by atoms with E-state index in [0.29, 0.717) is 18.4 Å². The maximum Gasteiger partial charge on any atom is 0.161 e. The zero-order chi connectivity index (χ0) is 21.1. The first-order chi connectivity index (χ1) is 14.5. The molecule has 156 valence electrons. The summed E-state index contributed by atoms with van der Waals surface area (Å²) in [7, 11) is 0. The number of aromatic nitrogens is 2. The number of rotatable bonds is 6. The fourth-order valence-corrected chi connectivity index (χ4v) is 3.97. The molecule has 4 rings (SSSR count). The van der Waals surface area contributed by atoms with Crippen LogP contribution in [0, 0.1) is 17.5 Å².